The van der Waals surface area contributed by atoms with Crippen LogP contribution in [0.1, 0.15) is 45.4 Å². The van der Waals surface area contributed by atoms with Gasteiger partial charge >= 0.3 is 5.97 Å². The van der Waals surface area contributed by atoms with Crippen molar-refractivity contribution in [3.63, 3.8) is 0 Å². The van der Waals surface area contributed by atoms with Crippen LogP contribution in [0.25, 0.3) is 0 Å². The third-order valence-electron chi connectivity index (χ3n) is 4.36. The van der Waals surface area contributed by atoms with E-state index in [1.165, 1.54) is 12.7 Å². The molecule has 1 heterocycles. The Morgan fingerprint density at radius 3 is 2.67 bits per heavy atom. The van der Waals surface area contributed by atoms with Gasteiger partial charge in [-0.2, -0.15) is 5.10 Å². The number of aryl methyl sites for hydroxylation is 1. The van der Waals surface area contributed by atoms with Gasteiger partial charge in [0.1, 0.15) is 18.2 Å². The van der Waals surface area contributed by atoms with E-state index in [2.05, 4.69) is 22.3 Å². The summed E-state index contributed by atoms with van der Waals surface area (Å²) in [6.45, 7) is 2.52. The van der Waals surface area contributed by atoms with Crippen molar-refractivity contribution in [3.8, 4) is 0 Å². The minimum absolute atomic E-state index is 0.204. The maximum atomic E-state index is 12.0. The van der Waals surface area contributed by atoms with Gasteiger partial charge < -0.3 is 10.4 Å². The summed E-state index contributed by atoms with van der Waals surface area (Å²) in [6, 6.07) is 0. The van der Waals surface area contributed by atoms with Crippen LogP contribution in [0.5, 0.6) is 0 Å². The lowest BCUT2D eigenvalue weighted by Gasteiger charge is -2.37. The number of nitrogens with zero attached hydrogens (tertiary/aromatic N) is 3. The second-order valence-corrected chi connectivity index (χ2v) is 5.70. The van der Waals surface area contributed by atoms with Gasteiger partial charge in [0.15, 0.2) is 0 Å². The summed E-state index contributed by atoms with van der Waals surface area (Å²) in [6.07, 6.45) is 6.94. The highest BCUT2D eigenvalue weighted by Gasteiger charge is 2.42. The molecule has 0 aliphatic heterocycles. The Hall–Kier alpha value is -1.92. The van der Waals surface area contributed by atoms with Crippen LogP contribution in [0.3, 0.4) is 0 Å². The average molecular weight is 294 g/mol. The Morgan fingerprint density at radius 2 is 2.14 bits per heavy atom. The highest BCUT2D eigenvalue weighted by atomic mass is 16.4. The highest BCUT2D eigenvalue weighted by molar-refractivity contribution is 5.87. The summed E-state index contributed by atoms with van der Waals surface area (Å²) < 4.78 is 1.56. The van der Waals surface area contributed by atoms with Crippen LogP contribution in [0, 0.1) is 5.92 Å². The van der Waals surface area contributed by atoms with E-state index < -0.39 is 11.5 Å². The first-order valence-corrected chi connectivity index (χ1v) is 7.42. The number of carboxylic acids is 1. The predicted octanol–water partition coefficient (Wildman–Crippen LogP) is 1.21. The summed E-state index contributed by atoms with van der Waals surface area (Å²) in [5, 5.41) is 16.2. The second-order valence-electron chi connectivity index (χ2n) is 5.70. The molecule has 1 aliphatic carbocycles. The van der Waals surface area contributed by atoms with Crippen LogP contribution in [0.2, 0.25) is 0 Å². The maximum absolute atomic E-state index is 12.0. The van der Waals surface area contributed by atoms with Crippen LogP contribution in [0.15, 0.2) is 12.7 Å². The fraction of sp³-hybridized carbons (Fsp3) is 0.714. The van der Waals surface area contributed by atoms with Crippen molar-refractivity contribution >= 4 is 11.9 Å². The standard InChI is InChI=1S/C14H22N4O3/c1-2-11-3-6-14(7-4-11,13(20)21)17-12(19)5-8-18-10-15-9-16-18/h9-11H,2-8H2,1H3,(H,17,19)(H,20,21). The van der Waals surface area contributed by atoms with Gasteiger partial charge in [0.25, 0.3) is 0 Å². The largest absolute Gasteiger partial charge is 0.480 e. The maximum Gasteiger partial charge on any atom is 0.329 e. The smallest absolute Gasteiger partial charge is 0.329 e. The van der Waals surface area contributed by atoms with E-state index in [-0.39, 0.29) is 12.3 Å². The first-order valence-electron chi connectivity index (χ1n) is 7.42. The summed E-state index contributed by atoms with van der Waals surface area (Å²) >= 11 is 0. The van der Waals surface area contributed by atoms with E-state index in [1.807, 2.05) is 0 Å². The third kappa shape index (κ3) is 3.80. The first kappa shape index (κ1) is 15.5. The Balaban J connectivity index is 1.90. The number of hydrogen-bond acceptors (Lipinski definition) is 4. The number of amides is 1. The molecule has 0 radical (unpaired) electrons. The number of carbonyl (C=O) groups excluding carboxylic acids is 1. The van der Waals surface area contributed by atoms with Crippen molar-refractivity contribution in [2.75, 3.05) is 0 Å². The van der Waals surface area contributed by atoms with Gasteiger partial charge in [-0.25, -0.2) is 9.78 Å². The molecule has 0 saturated heterocycles. The molecule has 1 aliphatic rings. The molecule has 0 bridgehead atoms. The van der Waals surface area contributed by atoms with Crippen LogP contribution in [-0.2, 0) is 16.1 Å². The monoisotopic (exact) mass is 294 g/mol. The molecule has 1 amide bonds. The summed E-state index contributed by atoms with van der Waals surface area (Å²) in [5.74, 6) is -0.599. The molecular formula is C14H22N4O3. The molecule has 2 N–H and O–H groups in total. The zero-order chi connectivity index (χ0) is 15.3. The minimum Gasteiger partial charge on any atom is -0.480 e. The molecule has 0 spiro atoms. The molecular weight excluding hydrogens is 272 g/mol. The lowest BCUT2D eigenvalue weighted by molar-refractivity contribution is -0.149. The molecule has 1 saturated carbocycles. The number of rotatable bonds is 6. The molecule has 1 aromatic heterocycles. The van der Waals surface area contributed by atoms with Crippen molar-refractivity contribution in [2.24, 2.45) is 5.92 Å². The number of carbonyl (C=O) groups is 2. The van der Waals surface area contributed by atoms with Gasteiger partial charge in [-0.05, 0) is 31.6 Å². The molecule has 0 aromatic carbocycles. The van der Waals surface area contributed by atoms with Gasteiger partial charge in [0.05, 0.1) is 6.54 Å². The molecule has 116 valence electrons. The van der Waals surface area contributed by atoms with E-state index in [0.717, 1.165) is 19.3 Å². The van der Waals surface area contributed by atoms with E-state index in [4.69, 9.17) is 0 Å². The fourth-order valence-corrected chi connectivity index (χ4v) is 2.86. The van der Waals surface area contributed by atoms with E-state index in [1.54, 1.807) is 4.68 Å². The second kappa shape index (κ2) is 6.69. The molecule has 1 aromatic rings. The van der Waals surface area contributed by atoms with E-state index in [0.29, 0.717) is 25.3 Å². The summed E-state index contributed by atoms with van der Waals surface area (Å²) in [7, 11) is 0. The quantitative estimate of drug-likeness (QED) is 0.822. The summed E-state index contributed by atoms with van der Waals surface area (Å²) in [4.78, 5) is 27.4. The van der Waals surface area contributed by atoms with Crippen molar-refractivity contribution < 1.29 is 14.7 Å². The lowest BCUT2D eigenvalue weighted by Crippen LogP contribution is -2.56. The molecule has 1 fully saturated rings. The van der Waals surface area contributed by atoms with Crippen molar-refractivity contribution in [1.82, 2.24) is 20.1 Å². The number of aliphatic carboxylic acids is 1. The number of carboxylic acid groups (broad SMARTS) is 1. The Kier molecular flexibility index (Phi) is 4.93. The predicted molar refractivity (Wildman–Crippen MR) is 75.4 cm³/mol. The number of hydrogen-bond donors (Lipinski definition) is 2. The zero-order valence-electron chi connectivity index (χ0n) is 12.3. The van der Waals surface area contributed by atoms with Crippen molar-refractivity contribution in [3.05, 3.63) is 12.7 Å². The van der Waals surface area contributed by atoms with Crippen molar-refractivity contribution in [1.29, 1.82) is 0 Å². The van der Waals surface area contributed by atoms with E-state index >= 15 is 0 Å². The fourth-order valence-electron chi connectivity index (χ4n) is 2.86. The molecule has 7 nitrogen and oxygen atoms in total. The lowest BCUT2D eigenvalue weighted by atomic mass is 9.75. The third-order valence-corrected chi connectivity index (χ3v) is 4.36. The first-order chi connectivity index (χ1) is 10.1. The Bertz CT molecular complexity index is 478. The normalized spacial score (nSPS) is 25.5. The van der Waals surface area contributed by atoms with Crippen LogP contribution >= 0.6 is 0 Å². The SMILES string of the molecule is CCC1CCC(NC(=O)CCn2cncn2)(C(=O)O)CC1. The molecule has 0 atom stereocenters. The zero-order valence-corrected chi connectivity index (χ0v) is 12.3. The molecule has 2 rings (SSSR count). The topological polar surface area (TPSA) is 97.1 Å². The van der Waals surface area contributed by atoms with Gasteiger partial charge in [-0.3, -0.25) is 9.48 Å². The Labute approximate surface area is 123 Å². The average Bonchev–Trinajstić information content (AvgIpc) is 2.99. The minimum atomic E-state index is -1.09. The van der Waals surface area contributed by atoms with Crippen molar-refractivity contribution in [2.45, 2.75) is 57.5 Å². The summed E-state index contributed by atoms with van der Waals surface area (Å²) in [5.41, 5.74) is -1.09. The number of aromatic nitrogens is 3. The van der Waals surface area contributed by atoms with Crippen LogP contribution < -0.4 is 5.32 Å². The molecule has 0 unspecified atom stereocenters. The highest BCUT2D eigenvalue weighted by Crippen LogP contribution is 2.34. The number of nitrogens with one attached hydrogen (secondary N) is 1. The van der Waals surface area contributed by atoms with Crippen LogP contribution in [0.4, 0.5) is 0 Å². The Morgan fingerprint density at radius 1 is 1.43 bits per heavy atom. The van der Waals surface area contributed by atoms with Gasteiger partial charge in [-0.15, -0.1) is 0 Å². The molecule has 7 heteroatoms. The van der Waals surface area contributed by atoms with Gasteiger partial charge in [0.2, 0.25) is 5.91 Å². The van der Waals surface area contributed by atoms with E-state index in [9.17, 15) is 14.7 Å². The van der Waals surface area contributed by atoms with Gasteiger partial charge in [-0.1, -0.05) is 13.3 Å². The molecule has 21 heavy (non-hydrogen) atoms. The van der Waals surface area contributed by atoms with Gasteiger partial charge in [0, 0.05) is 6.42 Å². The van der Waals surface area contributed by atoms with Crippen LogP contribution in [-0.4, -0.2) is 37.3 Å².